The average molecular weight is 295 g/mol. The van der Waals surface area contributed by atoms with Crippen molar-refractivity contribution in [3.63, 3.8) is 0 Å². The van der Waals surface area contributed by atoms with E-state index < -0.39 is 17.9 Å². The zero-order valence-electron chi connectivity index (χ0n) is 11.5. The smallest absolute Gasteiger partial charge is 0.326 e. The van der Waals surface area contributed by atoms with Crippen LogP contribution in [0.1, 0.15) is 12.5 Å². The van der Waals surface area contributed by atoms with Crippen molar-refractivity contribution in [3.05, 3.63) is 41.7 Å². The minimum absolute atomic E-state index is 0.116. The molecular weight excluding hydrogens is 285 g/mol. The van der Waals surface area contributed by atoms with Gasteiger partial charge in [-0.15, -0.1) is 0 Å². The van der Waals surface area contributed by atoms with E-state index in [2.05, 4.69) is 20.6 Å². The number of fused-ring (bicyclic) bond motifs is 1. The Bertz CT molecular complexity index is 763. The summed E-state index contributed by atoms with van der Waals surface area (Å²) in [5.74, 6) is -0.235. The highest BCUT2D eigenvalue weighted by Gasteiger charge is 2.31. The zero-order chi connectivity index (χ0) is 15.9. The molecule has 21 heavy (non-hydrogen) atoms. The van der Waals surface area contributed by atoms with Gasteiger partial charge in [-0.3, -0.25) is 4.79 Å². The van der Waals surface area contributed by atoms with Crippen LogP contribution in [-0.2, 0) is 17.4 Å². The highest BCUT2D eigenvalue weighted by Crippen LogP contribution is 2.29. The topological polar surface area (TPSA) is 66.9 Å². The number of anilines is 3. The van der Waals surface area contributed by atoms with Crippen LogP contribution in [0.2, 0.25) is 0 Å². The van der Waals surface area contributed by atoms with Gasteiger partial charge in [-0.25, -0.2) is 9.97 Å². The first kappa shape index (κ1) is 12.1. The van der Waals surface area contributed by atoms with Crippen LogP contribution in [0.3, 0.4) is 0 Å². The maximum Gasteiger partial charge on any atom is 0.419 e. The van der Waals surface area contributed by atoms with Crippen molar-refractivity contribution in [1.82, 2.24) is 9.97 Å². The second-order valence-electron chi connectivity index (χ2n) is 4.44. The molecule has 0 aliphatic carbocycles. The molecule has 8 heteroatoms. The van der Waals surface area contributed by atoms with E-state index in [1.54, 1.807) is 18.2 Å². The molecule has 0 atom stereocenters. The SMILES string of the molecule is [2H]c1nc(Nc2ccc3c(c2)CC(=O)N3)ncc1C(F)(F)F. The molecule has 1 aromatic heterocycles. The van der Waals surface area contributed by atoms with E-state index in [4.69, 9.17) is 1.37 Å². The van der Waals surface area contributed by atoms with Gasteiger partial charge in [0.2, 0.25) is 11.9 Å². The number of hydrogen-bond acceptors (Lipinski definition) is 4. The molecule has 0 saturated carbocycles. The summed E-state index contributed by atoms with van der Waals surface area (Å²) in [6, 6.07) is 4.99. The van der Waals surface area contributed by atoms with Crippen molar-refractivity contribution in [3.8, 4) is 0 Å². The number of halogens is 3. The van der Waals surface area contributed by atoms with Crippen LogP contribution < -0.4 is 10.6 Å². The number of nitrogens with one attached hydrogen (secondary N) is 2. The molecule has 2 heterocycles. The normalized spacial score (nSPS) is 14.4. The third-order valence-corrected chi connectivity index (χ3v) is 2.89. The summed E-state index contributed by atoms with van der Waals surface area (Å²) in [5.41, 5.74) is 0.800. The van der Waals surface area contributed by atoms with Crippen LogP contribution in [0, 0.1) is 0 Å². The van der Waals surface area contributed by atoms with Gasteiger partial charge in [0.25, 0.3) is 0 Å². The Hall–Kier alpha value is -2.64. The summed E-state index contributed by atoms with van der Waals surface area (Å²) in [6.45, 7) is 0. The van der Waals surface area contributed by atoms with Gasteiger partial charge in [-0.2, -0.15) is 13.2 Å². The van der Waals surface area contributed by atoms with Crippen molar-refractivity contribution < 1.29 is 19.3 Å². The van der Waals surface area contributed by atoms with E-state index in [-0.39, 0.29) is 18.3 Å². The Morgan fingerprint density at radius 1 is 1.33 bits per heavy atom. The van der Waals surface area contributed by atoms with Crippen molar-refractivity contribution >= 4 is 23.2 Å². The van der Waals surface area contributed by atoms with Gasteiger partial charge in [0, 0.05) is 23.7 Å². The molecule has 0 unspecified atom stereocenters. The minimum atomic E-state index is -4.66. The fourth-order valence-corrected chi connectivity index (χ4v) is 1.93. The quantitative estimate of drug-likeness (QED) is 0.894. The molecule has 108 valence electrons. The molecule has 2 N–H and O–H groups in total. The summed E-state index contributed by atoms with van der Waals surface area (Å²) >= 11 is 0. The third-order valence-electron chi connectivity index (χ3n) is 2.89. The molecule has 1 aliphatic heterocycles. The summed E-state index contributed by atoms with van der Waals surface area (Å²) in [7, 11) is 0. The van der Waals surface area contributed by atoms with Crippen LogP contribution in [0.15, 0.2) is 30.6 Å². The van der Waals surface area contributed by atoms with Crippen LogP contribution in [0.5, 0.6) is 0 Å². The Balaban J connectivity index is 1.84. The predicted octanol–water partition coefficient (Wildman–Crippen LogP) is 2.73. The summed E-state index contributed by atoms with van der Waals surface area (Å²) < 4.78 is 44.9. The molecule has 1 aromatic carbocycles. The van der Waals surface area contributed by atoms with E-state index in [0.717, 1.165) is 5.56 Å². The maximum atomic E-state index is 12.5. The number of aromatic nitrogens is 2. The zero-order valence-corrected chi connectivity index (χ0v) is 10.5. The van der Waals surface area contributed by atoms with Gasteiger partial charge >= 0.3 is 6.18 Å². The van der Waals surface area contributed by atoms with Crippen molar-refractivity contribution in [2.75, 3.05) is 10.6 Å². The number of hydrogen-bond donors (Lipinski definition) is 2. The van der Waals surface area contributed by atoms with Crippen molar-refractivity contribution in [1.29, 1.82) is 0 Å². The highest BCUT2D eigenvalue weighted by molar-refractivity contribution is 5.99. The molecule has 0 fully saturated rings. The first-order valence-electron chi connectivity index (χ1n) is 6.43. The van der Waals surface area contributed by atoms with Crippen LogP contribution >= 0.6 is 0 Å². The molecule has 1 amide bonds. The van der Waals surface area contributed by atoms with Gasteiger partial charge in [-0.1, -0.05) is 0 Å². The van der Waals surface area contributed by atoms with Gasteiger partial charge < -0.3 is 10.6 Å². The van der Waals surface area contributed by atoms with Crippen LogP contribution in [0.4, 0.5) is 30.5 Å². The molecule has 0 bridgehead atoms. The highest BCUT2D eigenvalue weighted by atomic mass is 19.4. The van der Waals surface area contributed by atoms with Crippen LogP contribution in [-0.4, -0.2) is 15.9 Å². The Kier molecular flexibility index (Phi) is 2.73. The van der Waals surface area contributed by atoms with E-state index in [1.807, 2.05) is 0 Å². The molecule has 0 saturated heterocycles. The third kappa shape index (κ3) is 2.78. The Morgan fingerprint density at radius 3 is 2.86 bits per heavy atom. The number of rotatable bonds is 2. The average Bonchev–Trinajstić information content (AvgIpc) is 2.76. The fourth-order valence-electron chi connectivity index (χ4n) is 1.93. The number of alkyl halides is 3. The van der Waals surface area contributed by atoms with E-state index in [9.17, 15) is 18.0 Å². The van der Waals surface area contributed by atoms with E-state index in [1.165, 1.54) is 0 Å². The fraction of sp³-hybridized carbons (Fsp3) is 0.154. The minimum Gasteiger partial charge on any atom is -0.326 e. The monoisotopic (exact) mass is 295 g/mol. The Labute approximate surface area is 118 Å². The maximum absolute atomic E-state index is 12.5. The van der Waals surface area contributed by atoms with E-state index in [0.29, 0.717) is 17.6 Å². The number of nitrogens with zero attached hydrogens (tertiary/aromatic N) is 2. The lowest BCUT2D eigenvalue weighted by atomic mass is 10.1. The molecule has 0 spiro atoms. The van der Waals surface area contributed by atoms with E-state index >= 15 is 0 Å². The lowest BCUT2D eigenvalue weighted by Crippen LogP contribution is -2.07. The summed E-state index contributed by atoms with van der Waals surface area (Å²) in [6.07, 6.45) is -4.75. The predicted molar refractivity (Wildman–Crippen MR) is 69.1 cm³/mol. The molecule has 3 rings (SSSR count). The van der Waals surface area contributed by atoms with Gasteiger partial charge in [0.15, 0.2) is 0 Å². The van der Waals surface area contributed by atoms with Gasteiger partial charge in [0.05, 0.1) is 13.4 Å². The van der Waals surface area contributed by atoms with Crippen molar-refractivity contribution in [2.24, 2.45) is 0 Å². The molecule has 5 nitrogen and oxygen atoms in total. The largest absolute Gasteiger partial charge is 0.419 e. The summed E-state index contributed by atoms with van der Waals surface area (Å²) in [4.78, 5) is 18.3. The van der Waals surface area contributed by atoms with Crippen LogP contribution in [0.25, 0.3) is 0 Å². The first-order valence-corrected chi connectivity index (χ1v) is 5.93. The number of benzene rings is 1. The number of amides is 1. The molecule has 2 aromatic rings. The second-order valence-corrected chi connectivity index (χ2v) is 4.44. The van der Waals surface area contributed by atoms with Gasteiger partial charge in [0.1, 0.15) is 0 Å². The molecule has 0 radical (unpaired) electrons. The molecular formula is C13H9F3N4O. The second kappa shape index (κ2) is 4.72. The molecule has 1 aliphatic rings. The first-order chi connectivity index (χ1) is 10.3. The standard InChI is InChI=1S/C13H9F3N4O/c14-13(15,16)8-5-17-12(18-6-8)19-9-1-2-10-7(3-9)4-11(21)20-10/h1-3,5-6H,4H2,(H,20,21)(H,17,18,19)/i5D. The van der Waals surface area contributed by atoms with Crippen molar-refractivity contribution in [2.45, 2.75) is 12.6 Å². The lowest BCUT2D eigenvalue weighted by molar-refractivity contribution is -0.138. The lowest BCUT2D eigenvalue weighted by Gasteiger charge is -2.08. The Morgan fingerprint density at radius 2 is 2.14 bits per heavy atom. The number of carbonyl (C=O) groups excluding carboxylic acids is 1. The summed E-state index contributed by atoms with van der Waals surface area (Å²) in [5, 5.41) is 5.39. The van der Waals surface area contributed by atoms with Gasteiger partial charge in [-0.05, 0) is 23.8 Å². The number of carbonyl (C=O) groups is 1.